The van der Waals surface area contributed by atoms with Crippen LogP contribution in [0.4, 0.5) is 4.39 Å². The molecule has 0 unspecified atom stereocenters. The molecule has 0 aromatic heterocycles. The predicted molar refractivity (Wildman–Crippen MR) is 100.0 cm³/mol. The van der Waals surface area contributed by atoms with Gasteiger partial charge in [-0.05, 0) is 29.8 Å². The van der Waals surface area contributed by atoms with Crippen molar-refractivity contribution in [3.63, 3.8) is 0 Å². The van der Waals surface area contributed by atoms with Crippen molar-refractivity contribution >= 4 is 10.0 Å². The fourth-order valence-corrected chi connectivity index (χ4v) is 4.54. The second-order valence-electron chi connectivity index (χ2n) is 6.32. The van der Waals surface area contributed by atoms with Gasteiger partial charge in [0, 0.05) is 38.8 Å². The number of methoxy groups -OCH3 is 2. The number of ether oxygens (including phenoxy) is 2. The lowest BCUT2D eigenvalue weighted by molar-refractivity contribution is 0.181. The summed E-state index contributed by atoms with van der Waals surface area (Å²) < 4.78 is 50.7. The number of rotatable bonds is 6. The number of hydrogen-bond acceptors (Lipinski definition) is 5. The van der Waals surface area contributed by atoms with Gasteiger partial charge < -0.3 is 9.47 Å². The zero-order chi connectivity index (χ0) is 19.4. The van der Waals surface area contributed by atoms with Gasteiger partial charge in [-0.25, -0.2) is 12.8 Å². The molecule has 0 aliphatic carbocycles. The van der Waals surface area contributed by atoms with E-state index in [4.69, 9.17) is 9.47 Å². The van der Waals surface area contributed by atoms with Crippen LogP contribution in [0.15, 0.2) is 47.4 Å². The van der Waals surface area contributed by atoms with Crippen LogP contribution in [0.3, 0.4) is 0 Å². The lowest BCUT2D eigenvalue weighted by Gasteiger charge is -2.34. The van der Waals surface area contributed by atoms with E-state index in [0.29, 0.717) is 44.2 Å². The molecule has 2 aromatic rings. The van der Waals surface area contributed by atoms with E-state index in [1.54, 1.807) is 18.2 Å². The summed E-state index contributed by atoms with van der Waals surface area (Å²) in [6.07, 6.45) is 0. The molecule has 1 heterocycles. The van der Waals surface area contributed by atoms with Gasteiger partial charge in [0.15, 0.2) is 11.5 Å². The molecule has 1 aliphatic rings. The van der Waals surface area contributed by atoms with E-state index in [-0.39, 0.29) is 10.7 Å². The second kappa shape index (κ2) is 8.24. The number of nitrogens with zero attached hydrogens (tertiary/aromatic N) is 2. The minimum atomic E-state index is -3.60. The summed E-state index contributed by atoms with van der Waals surface area (Å²) in [4.78, 5) is 2.35. The van der Waals surface area contributed by atoms with Crippen LogP contribution in [0.1, 0.15) is 5.56 Å². The Kier molecular flexibility index (Phi) is 5.98. The van der Waals surface area contributed by atoms with Crippen LogP contribution >= 0.6 is 0 Å². The standard InChI is InChI=1S/C19H23FN2O4S/c1-25-18-8-7-17(13-19(18)26-2)27(23,24)22-11-9-21(10-12-22)14-15-3-5-16(20)6-4-15/h3-8,13H,9-12,14H2,1-2H3. The molecule has 0 radical (unpaired) electrons. The first-order valence-corrected chi connectivity index (χ1v) is 10.1. The smallest absolute Gasteiger partial charge is 0.243 e. The Morgan fingerprint density at radius 3 is 2.15 bits per heavy atom. The van der Waals surface area contributed by atoms with E-state index in [9.17, 15) is 12.8 Å². The van der Waals surface area contributed by atoms with Gasteiger partial charge in [0.2, 0.25) is 10.0 Å². The van der Waals surface area contributed by atoms with Crippen LogP contribution in [0.5, 0.6) is 11.5 Å². The first kappa shape index (κ1) is 19.6. The zero-order valence-corrected chi connectivity index (χ0v) is 16.2. The minimum absolute atomic E-state index is 0.187. The van der Waals surface area contributed by atoms with Crippen LogP contribution in [-0.2, 0) is 16.6 Å². The highest BCUT2D eigenvalue weighted by molar-refractivity contribution is 7.89. The summed E-state index contributed by atoms with van der Waals surface area (Å²) in [5, 5.41) is 0. The molecule has 2 aromatic carbocycles. The Balaban J connectivity index is 1.66. The molecule has 3 rings (SSSR count). The van der Waals surface area contributed by atoms with E-state index in [2.05, 4.69) is 4.90 Å². The minimum Gasteiger partial charge on any atom is -0.493 e. The Morgan fingerprint density at radius 1 is 0.926 bits per heavy atom. The molecule has 1 fully saturated rings. The van der Waals surface area contributed by atoms with Crippen molar-refractivity contribution in [3.8, 4) is 11.5 Å². The van der Waals surface area contributed by atoms with Crippen molar-refractivity contribution in [3.05, 3.63) is 53.8 Å². The number of hydrogen-bond donors (Lipinski definition) is 0. The average molecular weight is 394 g/mol. The fourth-order valence-electron chi connectivity index (χ4n) is 3.10. The molecule has 8 heteroatoms. The van der Waals surface area contributed by atoms with Crippen LogP contribution in [0.25, 0.3) is 0 Å². The summed E-state index contributed by atoms with van der Waals surface area (Å²) >= 11 is 0. The molecule has 0 amide bonds. The van der Waals surface area contributed by atoms with Gasteiger partial charge in [0.05, 0.1) is 19.1 Å². The molecule has 0 atom stereocenters. The molecule has 0 N–H and O–H groups in total. The summed E-state index contributed by atoms with van der Waals surface area (Å²) in [5.74, 6) is 0.610. The third-order valence-corrected chi connectivity index (χ3v) is 6.54. The van der Waals surface area contributed by atoms with Gasteiger partial charge in [0.1, 0.15) is 5.82 Å². The molecular weight excluding hydrogens is 371 g/mol. The molecular formula is C19H23FN2O4S. The van der Waals surface area contributed by atoms with Crippen LogP contribution in [0.2, 0.25) is 0 Å². The van der Waals surface area contributed by atoms with Gasteiger partial charge >= 0.3 is 0 Å². The van der Waals surface area contributed by atoms with E-state index in [1.807, 2.05) is 0 Å². The molecule has 0 spiro atoms. The monoisotopic (exact) mass is 394 g/mol. The number of benzene rings is 2. The summed E-state index contributed by atoms with van der Waals surface area (Å²) in [7, 11) is -0.619. The molecule has 1 saturated heterocycles. The fraction of sp³-hybridized carbons (Fsp3) is 0.368. The summed E-state index contributed by atoms with van der Waals surface area (Å²) in [6, 6.07) is 11.0. The van der Waals surface area contributed by atoms with Crippen molar-refractivity contribution < 1.29 is 22.3 Å². The molecule has 1 aliphatic heterocycles. The maximum absolute atomic E-state index is 13.0. The lowest BCUT2D eigenvalue weighted by Crippen LogP contribution is -2.48. The number of piperazine rings is 1. The molecule has 27 heavy (non-hydrogen) atoms. The maximum Gasteiger partial charge on any atom is 0.243 e. The highest BCUT2D eigenvalue weighted by Gasteiger charge is 2.29. The van der Waals surface area contributed by atoms with E-state index < -0.39 is 10.0 Å². The Morgan fingerprint density at radius 2 is 1.56 bits per heavy atom. The highest BCUT2D eigenvalue weighted by Crippen LogP contribution is 2.31. The number of halogens is 1. The topological polar surface area (TPSA) is 59.1 Å². The first-order valence-electron chi connectivity index (χ1n) is 8.63. The molecule has 0 saturated carbocycles. The van der Waals surface area contributed by atoms with E-state index in [0.717, 1.165) is 5.56 Å². The second-order valence-corrected chi connectivity index (χ2v) is 8.26. The predicted octanol–water partition coefficient (Wildman–Crippen LogP) is 2.35. The highest BCUT2D eigenvalue weighted by atomic mass is 32.2. The normalized spacial score (nSPS) is 16.3. The van der Waals surface area contributed by atoms with Gasteiger partial charge in [-0.2, -0.15) is 4.31 Å². The van der Waals surface area contributed by atoms with Gasteiger partial charge in [0.25, 0.3) is 0 Å². The van der Waals surface area contributed by atoms with Crippen LogP contribution < -0.4 is 9.47 Å². The zero-order valence-electron chi connectivity index (χ0n) is 15.4. The van der Waals surface area contributed by atoms with Crippen molar-refractivity contribution in [2.45, 2.75) is 11.4 Å². The summed E-state index contributed by atoms with van der Waals surface area (Å²) in [5.41, 5.74) is 1.01. The Labute approximate surface area is 159 Å². The van der Waals surface area contributed by atoms with Gasteiger partial charge in [-0.15, -0.1) is 0 Å². The van der Waals surface area contributed by atoms with Crippen LogP contribution in [0, 0.1) is 5.82 Å². The lowest BCUT2D eigenvalue weighted by atomic mass is 10.2. The van der Waals surface area contributed by atoms with Gasteiger partial charge in [-0.3, -0.25) is 4.90 Å². The average Bonchev–Trinajstić information content (AvgIpc) is 2.69. The third-order valence-electron chi connectivity index (χ3n) is 4.64. The van der Waals surface area contributed by atoms with E-state index in [1.165, 1.54) is 42.8 Å². The first-order chi connectivity index (χ1) is 12.9. The van der Waals surface area contributed by atoms with Crippen molar-refractivity contribution in [1.82, 2.24) is 9.21 Å². The number of sulfonamides is 1. The SMILES string of the molecule is COc1ccc(S(=O)(=O)N2CCN(Cc3ccc(F)cc3)CC2)cc1OC. The van der Waals surface area contributed by atoms with Crippen molar-refractivity contribution in [2.24, 2.45) is 0 Å². The van der Waals surface area contributed by atoms with Crippen LogP contribution in [-0.4, -0.2) is 58.0 Å². The third kappa shape index (κ3) is 4.40. The van der Waals surface area contributed by atoms with Crippen molar-refractivity contribution in [2.75, 3.05) is 40.4 Å². The Hall–Kier alpha value is -2.16. The molecule has 6 nitrogen and oxygen atoms in total. The quantitative estimate of drug-likeness (QED) is 0.753. The maximum atomic E-state index is 13.0. The van der Waals surface area contributed by atoms with Crippen molar-refractivity contribution in [1.29, 1.82) is 0 Å². The largest absolute Gasteiger partial charge is 0.493 e. The Bertz CT molecular complexity index is 879. The van der Waals surface area contributed by atoms with E-state index >= 15 is 0 Å². The van der Waals surface area contributed by atoms with Gasteiger partial charge in [-0.1, -0.05) is 12.1 Å². The molecule has 0 bridgehead atoms. The summed E-state index contributed by atoms with van der Waals surface area (Å²) in [6.45, 7) is 2.70. The molecule has 146 valence electrons.